The third kappa shape index (κ3) is 6.04. The number of benzene rings is 1. The Kier molecular flexibility index (Phi) is 7.47. The standard InChI is InChI=1S/C13H19BrN2O3/c1-18-6-5-15-9-13(17)16-8-10-3-4-12(19-2)11(14)7-10/h3-4,7,15H,5-6,8-9H2,1-2H3,(H,16,17). The molecule has 0 aliphatic rings. The molecule has 0 saturated carbocycles. The smallest absolute Gasteiger partial charge is 0.234 e. The van der Waals surface area contributed by atoms with E-state index in [-0.39, 0.29) is 5.91 Å². The normalized spacial score (nSPS) is 10.3. The van der Waals surface area contributed by atoms with E-state index in [0.29, 0.717) is 26.2 Å². The van der Waals surface area contributed by atoms with Crippen molar-refractivity contribution in [3.63, 3.8) is 0 Å². The summed E-state index contributed by atoms with van der Waals surface area (Å²) in [5.74, 6) is 0.736. The van der Waals surface area contributed by atoms with Crippen LogP contribution in [0.4, 0.5) is 0 Å². The molecule has 0 saturated heterocycles. The number of hydrogen-bond donors (Lipinski definition) is 2. The van der Waals surface area contributed by atoms with Crippen LogP contribution in [0.25, 0.3) is 0 Å². The highest BCUT2D eigenvalue weighted by atomic mass is 79.9. The van der Waals surface area contributed by atoms with Gasteiger partial charge in [-0.1, -0.05) is 6.07 Å². The first-order valence-electron chi connectivity index (χ1n) is 5.96. The fourth-order valence-corrected chi connectivity index (χ4v) is 2.05. The van der Waals surface area contributed by atoms with Crippen LogP contribution < -0.4 is 15.4 Å². The highest BCUT2D eigenvalue weighted by Crippen LogP contribution is 2.25. The summed E-state index contributed by atoms with van der Waals surface area (Å²) in [4.78, 5) is 11.5. The number of rotatable bonds is 8. The van der Waals surface area contributed by atoms with Crippen LogP contribution in [-0.2, 0) is 16.1 Å². The van der Waals surface area contributed by atoms with Crippen LogP contribution in [0.2, 0.25) is 0 Å². The van der Waals surface area contributed by atoms with Gasteiger partial charge in [-0.15, -0.1) is 0 Å². The van der Waals surface area contributed by atoms with E-state index in [1.54, 1.807) is 14.2 Å². The Morgan fingerprint density at radius 2 is 2.16 bits per heavy atom. The first-order chi connectivity index (χ1) is 9.17. The van der Waals surface area contributed by atoms with E-state index < -0.39 is 0 Å². The molecule has 0 unspecified atom stereocenters. The summed E-state index contributed by atoms with van der Waals surface area (Å²) in [6.07, 6.45) is 0. The minimum atomic E-state index is -0.0388. The molecule has 6 heteroatoms. The molecule has 106 valence electrons. The van der Waals surface area contributed by atoms with Gasteiger partial charge < -0.3 is 20.1 Å². The molecular formula is C13H19BrN2O3. The number of carbonyl (C=O) groups is 1. The largest absolute Gasteiger partial charge is 0.496 e. The molecule has 0 aromatic heterocycles. The summed E-state index contributed by atoms with van der Waals surface area (Å²) in [5.41, 5.74) is 1.01. The molecule has 2 N–H and O–H groups in total. The van der Waals surface area contributed by atoms with E-state index in [4.69, 9.17) is 9.47 Å². The Labute approximate surface area is 121 Å². The van der Waals surface area contributed by atoms with Gasteiger partial charge in [0.15, 0.2) is 0 Å². The van der Waals surface area contributed by atoms with Crippen molar-refractivity contribution >= 4 is 21.8 Å². The number of nitrogens with one attached hydrogen (secondary N) is 2. The molecule has 19 heavy (non-hydrogen) atoms. The van der Waals surface area contributed by atoms with Gasteiger partial charge in [0.05, 0.1) is 24.7 Å². The highest BCUT2D eigenvalue weighted by Gasteiger charge is 2.03. The molecular weight excluding hydrogens is 312 g/mol. The predicted molar refractivity (Wildman–Crippen MR) is 77.3 cm³/mol. The maximum atomic E-state index is 11.5. The van der Waals surface area contributed by atoms with Crippen LogP contribution in [0, 0.1) is 0 Å². The number of carbonyl (C=O) groups excluding carboxylic acids is 1. The van der Waals surface area contributed by atoms with Gasteiger partial charge in [-0.3, -0.25) is 4.79 Å². The van der Waals surface area contributed by atoms with Crippen LogP contribution >= 0.6 is 15.9 Å². The van der Waals surface area contributed by atoms with Gasteiger partial charge in [-0.2, -0.15) is 0 Å². The predicted octanol–water partition coefficient (Wildman–Crippen LogP) is 1.31. The fraction of sp³-hybridized carbons (Fsp3) is 0.462. The van der Waals surface area contributed by atoms with Crippen molar-refractivity contribution in [1.29, 1.82) is 0 Å². The van der Waals surface area contributed by atoms with E-state index in [1.807, 2.05) is 18.2 Å². The minimum Gasteiger partial charge on any atom is -0.496 e. The second-order valence-corrected chi connectivity index (χ2v) is 4.77. The summed E-state index contributed by atoms with van der Waals surface area (Å²) in [6.45, 7) is 2.05. The summed E-state index contributed by atoms with van der Waals surface area (Å²) >= 11 is 3.41. The van der Waals surface area contributed by atoms with Crippen molar-refractivity contribution in [2.24, 2.45) is 0 Å². The van der Waals surface area contributed by atoms with Crippen LogP contribution in [0.5, 0.6) is 5.75 Å². The zero-order valence-electron chi connectivity index (χ0n) is 11.2. The molecule has 5 nitrogen and oxygen atoms in total. The molecule has 1 amide bonds. The van der Waals surface area contributed by atoms with Crippen molar-refractivity contribution in [1.82, 2.24) is 10.6 Å². The van der Waals surface area contributed by atoms with Gasteiger partial charge in [0.25, 0.3) is 0 Å². The van der Waals surface area contributed by atoms with Crippen molar-refractivity contribution in [3.05, 3.63) is 28.2 Å². The third-order valence-electron chi connectivity index (χ3n) is 2.47. The molecule has 0 fully saturated rings. The van der Waals surface area contributed by atoms with Crippen molar-refractivity contribution < 1.29 is 14.3 Å². The quantitative estimate of drug-likeness (QED) is 0.705. The fourth-order valence-electron chi connectivity index (χ4n) is 1.46. The van der Waals surface area contributed by atoms with Crippen LogP contribution in [0.1, 0.15) is 5.56 Å². The lowest BCUT2D eigenvalue weighted by Gasteiger charge is -2.08. The maximum Gasteiger partial charge on any atom is 0.234 e. The van der Waals surface area contributed by atoms with E-state index in [1.165, 1.54) is 0 Å². The topological polar surface area (TPSA) is 59.6 Å². The lowest BCUT2D eigenvalue weighted by atomic mass is 10.2. The van der Waals surface area contributed by atoms with Crippen molar-refractivity contribution in [2.75, 3.05) is 33.9 Å². The van der Waals surface area contributed by atoms with E-state index >= 15 is 0 Å². The molecule has 0 spiro atoms. The molecule has 0 radical (unpaired) electrons. The first-order valence-corrected chi connectivity index (χ1v) is 6.75. The Bertz CT molecular complexity index is 413. The monoisotopic (exact) mass is 330 g/mol. The number of halogens is 1. The second kappa shape index (κ2) is 8.90. The lowest BCUT2D eigenvalue weighted by Crippen LogP contribution is -2.34. The molecule has 0 aliphatic carbocycles. The van der Waals surface area contributed by atoms with Crippen molar-refractivity contribution in [2.45, 2.75) is 6.54 Å². The number of ether oxygens (including phenoxy) is 2. The molecule has 1 aromatic carbocycles. The van der Waals surface area contributed by atoms with Gasteiger partial charge in [0.2, 0.25) is 5.91 Å². The van der Waals surface area contributed by atoms with Gasteiger partial charge in [0.1, 0.15) is 5.75 Å². The van der Waals surface area contributed by atoms with Gasteiger partial charge in [-0.25, -0.2) is 0 Å². The Balaban J connectivity index is 2.32. The SMILES string of the molecule is COCCNCC(=O)NCc1ccc(OC)c(Br)c1. The first kappa shape index (κ1) is 15.9. The Morgan fingerprint density at radius 3 is 2.79 bits per heavy atom. The minimum absolute atomic E-state index is 0.0388. The van der Waals surface area contributed by atoms with Crippen LogP contribution in [-0.4, -0.2) is 39.8 Å². The van der Waals surface area contributed by atoms with Gasteiger partial charge in [-0.05, 0) is 33.6 Å². The van der Waals surface area contributed by atoms with E-state index in [0.717, 1.165) is 15.8 Å². The van der Waals surface area contributed by atoms with Gasteiger partial charge in [0, 0.05) is 20.2 Å². The molecule has 1 aromatic rings. The summed E-state index contributed by atoms with van der Waals surface area (Å²) in [7, 11) is 3.25. The number of amides is 1. The summed E-state index contributed by atoms with van der Waals surface area (Å²) in [5, 5.41) is 5.82. The number of hydrogen-bond acceptors (Lipinski definition) is 4. The number of methoxy groups -OCH3 is 2. The zero-order chi connectivity index (χ0) is 14.1. The van der Waals surface area contributed by atoms with E-state index in [9.17, 15) is 4.79 Å². The maximum absolute atomic E-state index is 11.5. The highest BCUT2D eigenvalue weighted by molar-refractivity contribution is 9.10. The van der Waals surface area contributed by atoms with Crippen LogP contribution in [0.3, 0.4) is 0 Å². The molecule has 0 heterocycles. The molecule has 1 rings (SSSR count). The van der Waals surface area contributed by atoms with Crippen molar-refractivity contribution in [3.8, 4) is 5.75 Å². The zero-order valence-corrected chi connectivity index (χ0v) is 12.7. The van der Waals surface area contributed by atoms with Crippen LogP contribution in [0.15, 0.2) is 22.7 Å². The average molecular weight is 331 g/mol. The third-order valence-corrected chi connectivity index (χ3v) is 3.09. The lowest BCUT2D eigenvalue weighted by molar-refractivity contribution is -0.120. The molecule has 0 atom stereocenters. The molecule has 0 aliphatic heterocycles. The van der Waals surface area contributed by atoms with Gasteiger partial charge >= 0.3 is 0 Å². The Morgan fingerprint density at radius 1 is 1.37 bits per heavy atom. The van der Waals surface area contributed by atoms with E-state index in [2.05, 4.69) is 26.6 Å². The summed E-state index contributed by atoms with van der Waals surface area (Å²) in [6, 6.07) is 5.71. The average Bonchev–Trinajstić information content (AvgIpc) is 2.41. The Hall–Kier alpha value is -1.11. The second-order valence-electron chi connectivity index (χ2n) is 3.92. The molecule has 0 bridgehead atoms. The summed E-state index contributed by atoms with van der Waals surface area (Å²) < 4.78 is 10.9.